The highest BCUT2D eigenvalue weighted by Crippen LogP contribution is 2.19. The Kier molecular flexibility index (Phi) is 6.02. The number of carbonyl (C=O) groups excluding carboxylic acids is 2. The third-order valence-corrected chi connectivity index (χ3v) is 4.59. The van der Waals surface area contributed by atoms with Crippen LogP contribution >= 0.6 is 0 Å². The van der Waals surface area contributed by atoms with E-state index in [1.807, 2.05) is 36.4 Å². The summed E-state index contributed by atoms with van der Waals surface area (Å²) in [6.45, 7) is 4.48. The predicted molar refractivity (Wildman–Crippen MR) is 104 cm³/mol. The van der Waals surface area contributed by atoms with Crippen LogP contribution in [0.15, 0.2) is 54.6 Å². The predicted octanol–water partition coefficient (Wildman–Crippen LogP) is 3.61. The molecule has 1 saturated heterocycles. The van der Waals surface area contributed by atoms with E-state index in [2.05, 4.69) is 22.5 Å². The molecule has 2 amide bonds. The Bertz CT molecular complexity index is 761. The molecular formula is C21H25N3O2. The van der Waals surface area contributed by atoms with Gasteiger partial charge in [-0.1, -0.05) is 37.3 Å². The summed E-state index contributed by atoms with van der Waals surface area (Å²) >= 11 is 0. The number of hydrogen-bond acceptors (Lipinski definition) is 3. The molecule has 3 rings (SSSR count). The van der Waals surface area contributed by atoms with Gasteiger partial charge in [0.2, 0.25) is 5.91 Å². The van der Waals surface area contributed by atoms with E-state index in [1.54, 1.807) is 18.2 Å². The van der Waals surface area contributed by atoms with Crippen molar-refractivity contribution in [3.05, 3.63) is 60.2 Å². The van der Waals surface area contributed by atoms with Crippen LogP contribution in [0.2, 0.25) is 0 Å². The number of nitrogens with one attached hydrogen (secondary N) is 2. The lowest BCUT2D eigenvalue weighted by Crippen LogP contribution is -2.39. The lowest BCUT2D eigenvalue weighted by atomic mass is 10.0. The highest BCUT2D eigenvalue weighted by Gasteiger charge is 2.19. The van der Waals surface area contributed by atoms with Crippen LogP contribution in [0.25, 0.3) is 0 Å². The molecule has 26 heavy (non-hydrogen) atoms. The molecule has 0 spiro atoms. The molecule has 2 aromatic rings. The molecular weight excluding hydrogens is 326 g/mol. The van der Waals surface area contributed by atoms with E-state index in [0.29, 0.717) is 23.7 Å². The van der Waals surface area contributed by atoms with Gasteiger partial charge in [-0.05, 0) is 49.6 Å². The Labute approximate surface area is 154 Å². The number of hydrogen-bond donors (Lipinski definition) is 2. The molecule has 2 N–H and O–H groups in total. The molecule has 0 aliphatic carbocycles. The maximum Gasteiger partial charge on any atom is 0.257 e. The van der Waals surface area contributed by atoms with Crippen LogP contribution in [0.5, 0.6) is 0 Å². The summed E-state index contributed by atoms with van der Waals surface area (Å²) < 4.78 is 0. The first-order valence-electron chi connectivity index (χ1n) is 9.09. The highest BCUT2D eigenvalue weighted by molar-refractivity contribution is 6.10. The Hall–Kier alpha value is -2.66. The van der Waals surface area contributed by atoms with Crippen molar-refractivity contribution in [2.45, 2.75) is 19.8 Å². The lowest BCUT2D eigenvalue weighted by Gasteiger charge is -2.30. The fourth-order valence-electron chi connectivity index (χ4n) is 3.33. The Morgan fingerprint density at radius 3 is 2.54 bits per heavy atom. The third kappa shape index (κ3) is 4.92. The SMILES string of the molecule is CC1CCCN(CC(=O)Nc2ccccc2C(=O)Nc2ccccc2)C1. The minimum Gasteiger partial charge on any atom is -0.324 e. The van der Waals surface area contributed by atoms with E-state index in [1.165, 1.54) is 6.42 Å². The summed E-state index contributed by atoms with van der Waals surface area (Å²) in [6.07, 6.45) is 2.35. The fourth-order valence-corrected chi connectivity index (χ4v) is 3.33. The number of likely N-dealkylation sites (tertiary alicyclic amines) is 1. The van der Waals surface area contributed by atoms with Crippen molar-refractivity contribution in [1.82, 2.24) is 4.90 Å². The Morgan fingerprint density at radius 1 is 1.04 bits per heavy atom. The van der Waals surface area contributed by atoms with Crippen molar-refractivity contribution in [3.8, 4) is 0 Å². The molecule has 0 aromatic heterocycles. The maximum atomic E-state index is 12.6. The minimum absolute atomic E-state index is 0.0842. The largest absolute Gasteiger partial charge is 0.324 e. The fraction of sp³-hybridized carbons (Fsp3) is 0.333. The van der Waals surface area contributed by atoms with E-state index in [-0.39, 0.29) is 11.8 Å². The summed E-state index contributed by atoms with van der Waals surface area (Å²) in [5, 5.41) is 5.76. The number of anilines is 2. The molecule has 1 heterocycles. The highest BCUT2D eigenvalue weighted by atomic mass is 16.2. The molecule has 1 fully saturated rings. The number of rotatable bonds is 5. The normalized spacial score (nSPS) is 17.5. The van der Waals surface area contributed by atoms with Crippen molar-refractivity contribution in [2.75, 3.05) is 30.3 Å². The molecule has 0 radical (unpaired) electrons. The van der Waals surface area contributed by atoms with Crippen LogP contribution in [-0.2, 0) is 4.79 Å². The molecule has 1 unspecified atom stereocenters. The minimum atomic E-state index is -0.237. The van der Waals surface area contributed by atoms with Gasteiger partial charge in [0.15, 0.2) is 0 Å². The van der Waals surface area contributed by atoms with E-state index >= 15 is 0 Å². The van der Waals surface area contributed by atoms with Gasteiger partial charge >= 0.3 is 0 Å². The van der Waals surface area contributed by atoms with E-state index in [4.69, 9.17) is 0 Å². The second-order valence-corrected chi connectivity index (χ2v) is 6.90. The quantitative estimate of drug-likeness (QED) is 0.865. The van der Waals surface area contributed by atoms with Gasteiger partial charge in [-0.25, -0.2) is 0 Å². The van der Waals surface area contributed by atoms with Crippen molar-refractivity contribution in [1.29, 1.82) is 0 Å². The monoisotopic (exact) mass is 351 g/mol. The standard InChI is InChI=1S/C21H25N3O2/c1-16-8-7-13-24(14-16)15-20(25)23-19-12-6-5-11-18(19)21(26)22-17-9-3-2-4-10-17/h2-6,9-12,16H,7-8,13-15H2,1H3,(H,22,26)(H,23,25). The average Bonchev–Trinajstić information content (AvgIpc) is 2.63. The number of nitrogens with zero attached hydrogens (tertiary/aromatic N) is 1. The van der Waals surface area contributed by atoms with Crippen LogP contribution in [-0.4, -0.2) is 36.3 Å². The summed E-state index contributed by atoms with van der Waals surface area (Å²) in [5.74, 6) is 0.304. The van der Waals surface area contributed by atoms with Crippen LogP contribution < -0.4 is 10.6 Å². The van der Waals surface area contributed by atoms with Crippen LogP contribution in [0.4, 0.5) is 11.4 Å². The molecule has 0 saturated carbocycles. The first-order valence-corrected chi connectivity index (χ1v) is 9.09. The lowest BCUT2D eigenvalue weighted by molar-refractivity contribution is -0.117. The van der Waals surface area contributed by atoms with Crippen molar-refractivity contribution in [3.63, 3.8) is 0 Å². The Balaban J connectivity index is 1.65. The van der Waals surface area contributed by atoms with Gasteiger partial charge < -0.3 is 10.6 Å². The van der Waals surface area contributed by atoms with Gasteiger partial charge in [-0.2, -0.15) is 0 Å². The van der Waals surface area contributed by atoms with Gasteiger partial charge in [0.05, 0.1) is 17.8 Å². The zero-order chi connectivity index (χ0) is 18.4. The average molecular weight is 351 g/mol. The molecule has 0 bridgehead atoms. The molecule has 5 nitrogen and oxygen atoms in total. The van der Waals surface area contributed by atoms with Crippen LogP contribution in [0.3, 0.4) is 0 Å². The molecule has 1 atom stereocenters. The van der Waals surface area contributed by atoms with Gasteiger partial charge in [0, 0.05) is 12.2 Å². The zero-order valence-corrected chi connectivity index (χ0v) is 15.1. The first kappa shape index (κ1) is 18.1. The zero-order valence-electron chi connectivity index (χ0n) is 15.1. The number of para-hydroxylation sites is 2. The van der Waals surface area contributed by atoms with Gasteiger partial charge in [0.25, 0.3) is 5.91 Å². The first-order chi connectivity index (χ1) is 12.6. The molecule has 1 aliphatic heterocycles. The summed E-state index contributed by atoms with van der Waals surface area (Å²) in [5.41, 5.74) is 1.72. The Morgan fingerprint density at radius 2 is 1.77 bits per heavy atom. The molecule has 5 heteroatoms. The summed E-state index contributed by atoms with van der Waals surface area (Å²) in [4.78, 5) is 27.2. The number of carbonyl (C=O) groups is 2. The second-order valence-electron chi connectivity index (χ2n) is 6.90. The van der Waals surface area contributed by atoms with Crippen LogP contribution in [0.1, 0.15) is 30.1 Å². The van der Waals surface area contributed by atoms with E-state index in [9.17, 15) is 9.59 Å². The number of piperidine rings is 1. The topological polar surface area (TPSA) is 61.4 Å². The number of benzene rings is 2. The molecule has 1 aliphatic rings. The number of amides is 2. The van der Waals surface area contributed by atoms with Gasteiger partial charge in [0.1, 0.15) is 0 Å². The molecule has 2 aromatic carbocycles. The smallest absolute Gasteiger partial charge is 0.257 e. The summed E-state index contributed by atoms with van der Waals surface area (Å²) in [7, 11) is 0. The maximum absolute atomic E-state index is 12.6. The summed E-state index contributed by atoms with van der Waals surface area (Å²) in [6, 6.07) is 16.4. The van der Waals surface area contributed by atoms with Crippen molar-refractivity contribution >= 4 is 23.2 Å². The van der Waals surface area contributed by atoms with Crippen molar-refractivity contribution in [2.24, 2.45) is 5.92 Å². The van der Waals surface area contributed by atoms with E-state index < -0.39 is 0 Å². The van der Waals surface area contributed by atoms with Gasteiger partial charge in [-0.3, -0.25) is 14.5 Å². The van der Waals surface area contributed by atoms with Crippen molar-refractivity contribution < 1.29 is 9.59 Å². The van der Waals surface area contributed by atoms with Gasteiger partial charge in [-0.15, -0.1) is 0 Å². The van der Waals surface area contributed by atoms with E-state index in [0.717, 1.165) is 25.2 Å². The second kappa shape index (κ2) is 8.63. The van der Waals surface area contributed by atoms with Crippen LogP contribution in [0, 0.1) is 5.92 Å². The molecule has 136 valence electrons. The third-order valence-electron chi connectivity index (χ3n) is 4.59.